The Bertz CT molecular complexity index is 1010. The van der Waals surface area contributed by atoms with E-state index in [1.165, 1.54) is 17.6 Å². The number of fused-ring (bicyclic) bond motifs is 1. The van der Waals surface area contributed by atoms with Gasteiger partial charge in [0.25, 0.3) is 11.8 Å². The Morgan fingerprint density at radius 3 is 2.36 bits per heavy atom. The molecule has 1 aliphatic heterocycles. The summed E-state index contributed by atoms with van der Waals surface area (Å²) < 4.78 is 6.38. The van der Waals surface area contributed by atoms with Crippen LogP contribution in [0.1, 0.15) is 31.4 Å². The normalized spacial score (nSPS) is 14.2. The van der Waals surface area contributed by atoms with Crippen LogP contribution in [0.25, 0.3) is 10.1 Å². The molecule has 28 heavy (non-hydrogen) atoms. The number of piperazine rings is 1. The van der Waals surface area contributed by atoms with Crippen LogP contribution in [0, 0.1) is 6.92 Å². The fourth-order valence-corrected chi connectivity index (χ4v) is 4.59. The fraction of sp³-hybridized carbons (Fsp3) is 0.300. The highest BCUT2D eigenvalue weighted by Crippen LogP contribution is 2.31. The van der Waals surface area contributed by atoms with Crippen molar-refractivity contribution < 1.29 is 14.0 Å². The summed E-state index contributed by atoms with van der Waals surface area (Å²) in [5.74, 6) is 0.561. The van der Waals surface area contributed by atoms with Crippen molar-refractivity contribution in [3.8, 4) is 0 Å². The summed E-state index contributed by atoms with van der Waals surface area (Å²) in [5.41, 5.74) is 7.07. The van der Waals surface area contributed by atoms with E-state index in [9.17, 15) is 9.59 Å². The lowest BCUT2D eigenvalue weighted by Crippen LogP contribution is -2.50. The van der Waals surface area contributed by atoms with Crippen molar-refractivity contribution in [1.82, 2.24) is 9.80 Å². The molecule has 1 fully saturated rings. The molecule has 148 valence electrons. The van der Waals surface area contributed by atoms with E-state index in [1.54, 1.807) is 11.0 Å². The summed E-state index contributed by atoms with van der Waals surface area (Å²) in [6, 6.07) is 9.76. The number of hydrogen-bond donors (Lipinski definition) is 1. The van der Waals surface area contributed by atoms with Gasteiger partial charge in [-0.2, -0.15) is 0 Å². The van der Waals surface area contributed by atoms with Crippen LogP contribution in [-0.2, 0) is 6.54 Å². The Kier molecular flexibility index (Phi) is 6.07. The van der Waals surface area contributed by atoms with Crippen LogP contribution in [0.4, 0.5) is 0 Å². The maximum Gasteiger partial charge on any atom is 0.264 e. The zero-order valence-corrected chi connectivity index (χ0v) is 17.1. The molecule has 1 saturated heterocycles. The monoisotopic (exact) mass is 419 g/mol. The molecule has 6 nitrogen and oxygen atoms in total. The number of carbonyl (C=O) groups excluding carboxylic acids is 2. The summed E-state index contributed by atoms with van der Waals surface area (Å²) in [6.07, 6.45) is 1.45. The molecule has 0 unspecified atom stereocenters. The molecule has 2 amide bonds. The van der Waals surface area contributed by atoms with E-state index in [-0.39, 0.29) is 30.8 Å². The second-order valence-corrected chi connectivity index (χ2v) is 7.69. The van der Waals surface area contributed by atoms with Gasteiger partial charge >= 0.3 is 0 Å². The Labute approximate surface area is 173 Å². The van der Waals surface area contributed by atoms with Crippen LogP contribution in [0.5, 0.6) is 0 Å². The molecule has 8 heteroatoms. The minimum Gasteiger partial charge on any atom is -0.467 e. The van der Waals surface area contributed by atoms with Crippen LogP contribution < -0.4 is 5.73 Å². The highest BCUT2D eigenvalue weighted by molar-refractivity contribution is 7.21. The van der Waals surface area contributed by atoms with Crippen molar-refractivity contribution >= 4 is 45.6 Å². The molecule has 1 aliphatic rings. The second kappa shape index (κ2) is 8.34. The first-order valence-electron chi connectivity index (χ1n) is 8.92. The van der Waals surface area contributed by atoms with Crippen molar-refractivity contribution in [2.24, 2.45) is 5.73 Å². The number of thiophene rings is 1. The maximum atomic E-state index is 13.0. The topological polar surface area (TPSA) is 79.8 Å². The first-order valence-corrected chi connectivity index (χ1v) is 9.74. The average molecular weight is 420 g/mol. The van der Waals surface area contributed by atoms with Crippen LogP contribution in [0.15, 0.2) is 41.0 Å². The molecular formula is C20H22ClN3O3S. The number of amides is 2. The van der Waals surface area contributed by atoms with E-state index in [0.717, 1.165) is 20.5 Å². The van der Waals surface area contributed by atoms with E-state index >= 15 is 0 Å². The van der Waals surface area contributed by atoms with Gasteiger partial charge in [0.1, 0.15) is 12.0 Å². The summed E-state index contributed by atoms with van der Waals surface area (Å²) in [7, 11) is 0. The Hall–Kier alpha value is -2.35. The number of nitrogens with two attached hydrogens (primary N) is 1. The van der Waals surface area contributed by atoms with Crippen LogP contribution in [0.2, 0.25) is 0 Å². The minimum atomic E-state index is -0.0800. The third-order valence-electron chi connectivity index (χ3n) is 4.99. The first kappa shape index (κ1) is 20.4. The minimum absolute atomic E-state index is 0. The van der Waals surface area contributed by atoms with Gasteiger partial charge in [-0.25, -0.2) is 0 Å². The lowest BCUT2D eigenvalue weighted by molar-refractivity contribution is 0.0537. The van der Waals surface area contributed by atoms with Gasteiger partial charge in [-0.15, -0.1) is 23.7 Å². The zero-order chi connectivity index (χ0) is 19.0. The molecule has 3 aromatic rings. The number of furan rings is 1. The molecule has 0 aliphatic carbocycles. The number of carbonyl (C=O) groups is 2. The highest BCUT2D eigenvalue weighted by Gasteiger charge is 2.28. The van der Waals surface area contributed by atoms with Gasteiger partial charge < -0.3 is 20.0 Å². The predicted octanol–water partition coefficient (Wildman–Crippen LogP) is 3.28. The maximum absolute atomic E-state index is 13.0. The summed E-state index contributed by atoms with van der Waals surface area (Å²) in [5, 5.41) is 1.13. The Morgan fingerprint density at radius 2 is 1.75 bits per heavy atom. The zero-order valence-electron chi connectivity index (χ0n) is 15.5. The van der Waals surface area contributed by atoms with E-state index in [0.29, 0.717) is 37.5 Å². The van der Waals surface area contributed by atoms with Gasteiger partial charge in [0, 0.05) is 30.9 Å². The number of nitrogens with zero attached hydrogens (tertiary/aromatic N) is 2. The molecule has 2 aromatic heterocycles. The van der Waals surface area contributed by atoms with Gasteiger partial charge in [0.15, 0.2) is 0 Å². The standard InChI is InChI=1S/C20H21N3O3S.ClH/c1-13-16-4-2-3-5-17(16)27-18(13)20(25)23-8-6-22(7-9-23)19(24)14-10-15(11-21)26-12-14;/h2-5,10,12H,6-9,11,21H2,1H3;1H. The molecule has 4 rings (SSSR count). The lowest BCUT2D eigenvalue weighted by Gasteiger charge is -2.34. The third kappa shape index (κ3) is 3.65. The van der Waals surface area contributed by atoms with Gasteiger partial charge in [-0.05, 0) is 30.0 Å². The Balaban J connectivity index is 0.00000225. The molecule has 0 spiro atoms. The van der Waals surface area contributed by atoms with Crippen molar-refractivity contribution in [2.45, 2.75) is 13.5 Å². The summed E-state index contributed by atoms with van der Waals surface area (Å²) in [4.78, 5) is 29.9. The smallest absolute Gasteiger partial charge is 0.264 e. The molecule has 2 N–H and O–H groups in total. The van der Waals surface area contributed by atoms with Gasteiger partial charge in [-0.3, -0.25) is 9.59 Å². The molecule has 0 radical (unpaired) electrons. The van der Waals surface area contributed by atoms with Gasteiger partial charge in [0.05, 0.1) is 17.0 Å². The average Bonchev–Trinajstić information content (AvgIpc) is 3.32. The van der Waals surface area contributed by atoms with Crippen LogP contribution in [-0.4, -0.2) is 47.8 Å². The highest BCUT2D eigenvalue weighted by atomic mass is 35.5. The SMILES string of the molecule is Cc1c(C(=O)N2CCN(C(=O)c3coc(CN)c3)CC2)sc2ccccc12.Cl. The fourth-order valence-electron chi connectivity index (χ4n) is 3.42. The van der Waals surface area contributed by atoms with Gasteiger partial charge in [-0.1, -0.05) is 18.2 Å². The molecule has 0 atom stereocenters. The van der Waals surface area contributed by atoms with E-state index < -0.39 is 0 Å². The third-order valence-corrected chi connectivity index (χ3v) is 6.25. The van der Waals surface area contributed by atoms with E-state index in [4.69, 9.17) is 10.2 Å². The van der Waals surface area contributed by atoms with E-state index in [2.05, 4.69) is 6.07 Å². The molecule has 3 heterocycles. The number of aryl methyl sites for hydroxylation is 1. The summed E-state index contributed by atoms with van der Waals surface area (Å²) in [6.45, 7) is 4.35. The largest absolute Gasteiger partial charge is 0.467 e. The van der Waals surface area contributed by atoms with Gasteiger partial charge in [0.2, 0.25) is 0 Å². The van der Waals surface area contributed by atoms with Crippen molar-refractivity contribution in [3.05, 3.63) is 58.4 Å². The second-order valence-electron chi connectivity index (χ2n) is 6.64. The number of halogens is 1. The molecule has 0 saturated carbocycles. The molecule has 1 aromatic carbocycles. The predicted molar refractivity (Wildman–Crippen MR) is 112 cm³/mol. The Morgan fingerprint density at radius 1 is 1.11 bits per heavy atom. The number of rotatable bonds is 3. The van der Waals surface area contributed by atoms with Crippen molar-refractivity contribution in [3.63, 3.8) is 0 Å². The molecule has 0 bridgehead atoms. The van der Waals surface area contributed by atoms with E-state index in [1.807, 2.05) is 30.0 Å². The number of benzene rings is 1. The van der Waals surface area contributed by atoms with Crippen LogP contribution in [0.3, 0.4) is 0 Å². The lowest BCUT2D eigenvalue weighted by atomic mass is 10.1. The first-order chi connectivity index (χ1) is 13.1. The van der Waals surface area contributed by atoms with Crippen molar-refractivity contribution in [2.75, 3.05) is 26.2 Å². The summed E-state index contributed by atoms with van der Waals surface area (Å²) >= 11 is 1.54. The van der Waals surface area contributed by atoms with Crippen LogP contribution >= 0.6 is 23.7 Å². The molecular weight excluding hydrogens is 398 g/mol. The van der Waals surface area contributed by atoms with Crippen molar-refractivity contribution in [1.29, 1.82) is 0 Å². The number of hydrogen-bond acceptors (Lipinski definition) is 5. The quantitative estimate of drug-likeness (QED) is 0.706.